The van der Waals surface area contributed by atoms with Crippen LogP contribution in [0.15, 0.2) is 36.7 Å². The molecule has 1 amide bonds. The van der Waals surface area contributed by atoms with Gasteiger partial charge in [0.25, 0.3) is 5.91 Å². The number of anilines is 2. The first-order chi connectivity index (χ1) is 15.1. The molecule has 0 spiro atoms. The van der Waals surface area contributed by atoms with Crippen molar-refractivity contribution in [2.75, 3.05) is 31.6 Å². The predicted molar refractivity (Wildman–Crippen MR) is 118 cm³/mol. The molecule has 1 aliphatic heterocycles. The largest absolute Gasteiger partial charge is 0.408 e. The molecule has 0 bridgehead atoms. The van der Waals surface area contributed by atoms with Gasteiger partial charge in [0.15, 0.2) is 5.82 Å². The van der Waals surface area contributed by atoms with E-state index in [2.05, 4.69) is 20.4 Å². The van der Waals surface area contributed by atoms with Gasteiger partial charge in [-0.05, 0) is 23.4 Å². The lowest BCUT2D eigenvalue weighted by Gasteiger charge is -2.28. The van der Waals surface area contributed by atoms with E-state index in [-0.39, 0.29) is 28.1 Å². The van der Waals surface area contributed by atoms with Crippen molar-refractivity contribution in [3.05, 3.63) is 42.4 Å². The predicted octanol–water partition coefficient (Wildman–Crippen LogP) is 0.987. The maximum atomic E-state index is 13.2. The van der Waals surface area contributed by atoms with Gasteiger partial charge >= 0.3 is 6.18 Å². The van der Waals surface area contributed by atoms with Crippen LogP contribution >= 0.6 is 0 Å². The summed E-state index contributed by atoms with van der Waals surface area (Å²) in [6, 6.07) is 6.49. The average molecular weight is 444 g/mol. The minimum atomic E-state index is -4.49. The van der Waals surface area contributed by atoms with Gasteiger partial charge in [0, 0.05) is 32.1 Å². The monoisotopic (exact) mass is 444 g/mol. The zero-order chi connectivity index (χ0) is 22.9. The Bertz CT molecular complexity index is 1120. The molecule has 1 aliphatic rings. The van der Waals surface area contributed by atoms with Crippen LogP contribution in [0.1, 0.15) is 10.5 Å². The number of hydrogen-bond acceptors (Lipinski definition) is 6. The molecule has 4 heterocycles. The van der Waals surface area contributed by atoms with Gasteiger partial charge in [-0.2, -0.15) is 18.3 Å². The Kier molecular flexibility index (Phi) is 5.85. The standard InChI is InChI=1S/C19H21B2F3N6O2/c20-18(21)9-29(5-6-32-11-18)17(31)13-7-14-12(8-26-13)16(27-15-3-1-2-4-25-15)28-30(14)10-19(22,23)24/h1-4,7-8H,5-6,9-11,20-21H2,(H,25,27,28). The molecule has 0 atom stereocenters. The Morgan fingerprint density at radius 3 is 2.81 bits per heavy atom. The molecule has 4 rings (SSSR count). The summed E-state index contributed by atoms with van der Waals surface area (Å²) in [6.45, 7) is 0.456. The highest BCUT2D eigenvalue weighted by atomic mass is 19.4. The lowest BCUT2D eigenvalue weighted by molar-refractivity contribution is -0.141. The third kappa shape index (κ3) is 5.04. The zero-order valence-corrected chi connectivity index (χ0v) is 17.7. The average Bonchev–Trinajstić information content (AvgIpc) is 2.92. The minimum absolute atomic E-state index is 0.0583. The zero-order valence-electron chi connectivity index (χ0n) is 17.7. The number of ether oxygens (including phenoxy) is 1. The fourth-order valence-corrected chi connectivity index (χ4v) is 3.63. The molecule has 0 saturated carbocycles. The molecule has 3 aromatic rings. The summed E-state index contributed by atoms with van der Waals surface area (Å²) in [4.78, 5) is 23.1. The summed E-state index contributed by atoms with van der Waals surface area (Å²) in [6.07, 6.45) is -1.56. The molecule has 166 valence electrons. The molecule has 0 aromatic carbocycles. The Morgan fingerprint density at radius 1 is 1.28 bits per heavy atom. The number of halogens is 3. The molecule has 3 aromatic heterocycles. The topological polar surface area (TPSA) is 85.2 Å². The van der Waals surface area contributed by atoms with Crippen LogP contribution in [0.25, 0.3) is 10.9 Å². The van der Waals surface area contributed by atoms with Crippen LogP contribution < -0.4 is 5.32 Å². The minimum Gasteiger partial charge on any atom is -0.380 e. The van der Waals surface area contributed by atoms with Gasteiger partial charge < -0.3 is 15.0 Å². The third-order valence-electron chi connectivity index (χ3n) is 5.00. The lowest BCUT2D eigenvalue weighted by Crippen LogP contribution is -2.39. The summed E-state index contributed by atoms with van der Waals surface area (Å²) in [5, 5.41) is 7.12. The number of hydrogen-bond donors (Lipinski definition) is 1. The Labute approximate surface area is 184 Å². The fourth-order valence-electron chi connectivity index (χ4n) is 3.63. The molecule has 1 N–H and O–H groups in total. The highest BCUT2D eigenvalue weighted by Gasteiger charge is 2.32. The molecule has 1 fully saturated rings. The van der Waals surface area contributed by atoms with E-state index in [0.29, 0.717) is 37.5 Å². The van der Waals surface area contributed by atoms with Crippen molar-refractivity contribution in [1.29, 1.82) is 0 Å². The van der Waals surface area contributed by atoms with E-state index in [1.165, 1.54) is 12.3 Å². The Hall–Kier alpha value is -3.08. The first kappa shape index (κ1) is 22.1. The SMILES string of the molecule is BC1(B)COCCN(C(=O)c2cc3c(cn2)c(Nc2ccccn2)nn3CC(F)(F)F)C1. The highest BCUT2D eigenvalue weighted by Crippen LogP contribution is 2.29. The van der Waals surface area contributed by atoms with Crippen molar-refractivity contribution in [3.8, 4) is 0 Å². The van der Waals surface area contributed by atoms with Gasteiger partial charge in [0.05, 0.1) is 17.5 Å². The van der Waals surface area contributed by atoms with E-state index >= 15 is 0 Å². The summed E-state index contributed by atoms with van der Waals surface area (Å²) < 4.78 is 46.0. The third-order valence-corrected chi connectivity index (χ3v) is 5.00. The molecule has 8 nitrogen and oxygen atoms in total. The van der Waals surface area contributed by atoms with Crippen molar-refractivity contribution in [2.45, 2.75) is 17.9 Å². The molecule has 13 heteroatoms. The Balaban J connectivity index is 1.71. The number of alkyl halides is 3. The molecular formula is C19H21B2F3N6O2. The van der Waals surface area contributed by atoms with Crippen LogP contribution in [-0.2, 0) is 11.3 Å². The number of carbonyl (C=O) groups is 1. The summed E-state index contributed by atoms with van der Waals surface area (Å²) >= 11 is 0. The first-order valence-corrected chi connectivity index (χ1v) is 10.1. The number of amides is 1. The normalized spacial score (nSPS) is 16.7. The fraction of sp³-hybridized carbons (Fsp3) is 0.368. The van der Waals surface area contributed by atoms with Gasteiger partial charge in [-0.25, -0.2) is 4.98 Å². The van der Waals surface area contributed by atoms with E-state index in [4.69, 9.17) is 4.74 Å². The number of rotatable bonds is 4. The van der Waals surface area contributed by atoms with Crippen molar-refractivity contribution in [1.82, 2.24) is 24.6 Å². The number of aromatic nitrogens is 4. The number of pyridine rings is 2. The number of nitrogens with one attached hydrogen (secondary N) is 1. The number of fused-ring (bicyclic) bond motifs is 1. The molecule has 0 radical (unpaired) electrons. The molecule has 32 heavy (non-hydrogen) atoms. The van der Waals surface area contributed by atoms with E-state index < -0.39 is 12.7 Å². The molecule has 1 saturated heterocycles. The van der Waals surface area contributed by atoms with Crippen molar-refractivity contribution in [3.63, 3.8) is 0 Å². The van der Waals surface area contributed by atoms with Gasteiger partial charge in [0.1, 0.15) is 33.7 Å². The maximum absolute atomic E-state index is 13.2. The van der Waals surface area contributed by atoms with Crippen molar-refractivity contribution < 1.29 is 22.7 Å². The quantitative estimate of drug-likeness (QED) is 0.605. The van der Waals surface area contributed by atoms with Crippen LogP contribution in [-0.4, -0.2) is 78.7 Å². The first-order valence-electron chi connectivity index (χ1n) is 10.1. The van der Waals surface area contributed by atoms with Gasteiger partial charge in [-0.1, -0.05) is 6.07 Å². The van der Waals surface area contributed by atoms with Gasteiger partial charge in [-0.15, -0.1) is 0 Å². The lowest BCUT2D eigenvalue weighted by atomic mass is 9.55. The molecular weight excluding hydrogens is 423 g/mol. The van der Waals surface area contributed by atoms with Gasteiger partial charge in [0.2, 0.25) is 0 Å². The second kappa shape index (κ2) is 8.45. The van der Waals surface area contributed by atoms with E-state index in [1.54, 1.807) is 29.3 Å². The molecule has 0 unspecified atom stereocenters. The number of carbonyl (C=O) groups excluding carboxylic acids is 1. The second-order valence-electron chi connectivity index (χ2n) is 8.49. The van der Waals surface area contributed by atoms with Crippen LogP contribution in [0.5, 0.6) is 0 Å². The van der Waals surface area contributed by atoms with Crippen molar-refractivity contribution in [2.24, 2.45) is 0 Å². The Morgan fingerprint density at radius 2 is 2.09 bits per heavy atom. The summed E-state index contributed by atoms with van der Waals surface area (Å²) in [5.74, 6) is 0.251. The van der Waals surface area contributed by atoms with E-state index in [1.807, 2.05) is 15.7 Å². The van der Waals surface area contributed by atoms with Crippen LogP contribution in [0.3, 0.4) is 0 Å². The number of nitrogens with zero attached hydrogens (tertiary/aromatic N) is 5. The van der Waals surface area contributed by atoms with E-state index in [0.717, 1.165) is 4.68 Å². The maximum Gasteiger partial charge on any atom is 0.408 e. The van der Waals surface area contributed by atoms with Gasteiger partial charge in [-0.3, -0.25) is 14.5 Å². The van der Waals surface area contributed by atoms with Crippen molar-refractivity contribution >= 4 is 44.1 Å². The van der Waals surface area contributed by atoms with Crippen LogP contribution in [0, 0.1) is 0 Å². The summed E-state index contributed by atoms with van der Waals surface area (Å²) in [7, 11) is 3.98. The van der Waals surface area contributed by atoms with E-state index in [9.17, 15) is 18.0 Å². The summed E-state index contributed by atoms with van der Waals surface area (Å²) in [5.41, 5.74) is 0.215. The second-order valence-corrected chi connectivity index (χ2v) is 8.49. The smallest absolute Gasteiger partial charge is 0.380 e. The van der Waals surface area contributed by atoms with Crippen LogP contribution in [0.4, 0.5) is 24.8 Å². The highest BCUT2D eigenvalue weighted by molar-refractivity contribution is 6.40. The molecule has 0 aliphatic carbocycles. The van der Waals surface area contributed by atoms with Crippen LogP contribution in [0.2, 0.25) is 5.21 Å².